The van der Waals surface area contributed by atoms with Gasteiger partial charge < -0.3 is 9.47 Å². The third-order valence-electron chi connectivity index (χ3n) is 2.79. The Morgan fingerprint density at radius 1 is 1.78 bits per heavy atom. The van der Waals surface area contributed by atoms with Crippen LogP contribution in [-0.4, -0.2) is 41.0 Å². The van der Waals surface area contributed by atoms with Crippen LogP contribution in [0.25, 0.3) is 0 Å². The van der Waals surface area contributed by atoms with Crippen LogP contribution in [0.15, 0.2) is 6.20 Å². The van der Waals surface area contributed by atoms with Crippen molar-refractivity contribution in [2.24, 2.45) is 5.92 Å². The van der Waals surface area contributed by atoms with Gasteiger partial charge in [-0.2, -0.15) is 5.10 Å². The standard InChI is InChI=1S/C10H13N3O5/c1-17-10(14)9-8(13(15)16)5-12(11-9)4-7-2-3-18-6-7/h5,7H,2-4,6H2,1H3/t7-/m1/s1. The number of nitro groups is 1. The van der Waals surface area contributed by atoms with Gasteiger partial charge in [0, 0.05) is 19.1 Å². The lowest BCUT2D eigenvalue weighted by Crippen LogP contribution is -2.12. The van der Waals surface area contributed by atoms with Crippen LogP contribution < -0.4 is 0 Å². The maximum atomic E-state index is 11.4. The molecule has 2 heterocycles. The Labute approximate surface area is 103 Å². The molecule has 98 valence electrons. The summed E-state index contributed by atoms with van der Waals surface area (Å²) in [4.78, 5) is 21.5. The Balaban J connectivity index is 2.21. The third-order valence-corrected chi connectivity index (χ3v) is 2.79. The third kappa shape index (κ3) is 2.48. The van der Waals surface area contributed by atoms with Crippen LogP contribution in [0.3, 0.4) is 0 Å². The zero-order valence-electron chi connectivity index (χ0n) is 9.87. The van der Waals surface area contributed by atoms with Crippen LogP contribution >= 0.6 is 0 Å². The minimum absolute atomic E-state index is 0.263. The van der Waals surface area contributed by atoms with E-state index in [1.54, 1.807) is 0 Å². The maximum Gasteiger partial charge on any atom is 0.365 e. The Bertz CT molecular complexity index is 464. The highest BCUT2D eigenvalue weighted by atomic mass is 16.6. The van der Waals surface area contributed by atoms with Crippen molar-refractivity contribution in [3.8, 4) is 0 Å². The largest absolute Gasteiger partial charge is 0.464 e. The molecule has 8 heteroatoms. The van der Waals surface area contributed by atoms with E-state index in [0.717, 1.165) is 13.5 Å². The molecule has 1 aliphatic heterocycles. The second-order valence-electron chi connectivity index (χ2n) is 4.06. The number of nitrogens with zero attached hydrogens (tertiary/aromatic N) is 3. The number of methoxy groups -OCH3 is 1. The summed E-state index contributed by atoms with van der Waals surface area (Å²) in [5.74, 6) is -0.530. The molecule has 0 aliphatic carbocycles. The summed E-state index contributed by atoms with van der Waals surface area (Å²) in [6, 6.07) is 0. The van der Waals surface area contributed by atoms with E-state index in [2.05, 4.69) is 9.84 Å². The fourth-order valence-corrected chi connectivity index (χ4v) is 1.87. The Morgan fingerprint density at radius 2 is 2.56 bits per heavy atom. The van der Waals surface area contributed by atoms with Gasteiger partial charge in [0.05, 0.1) is 18.6 Å². The molecule has 0 spiro atoms. The average Bonchev–Trinajstić information content (AvgIpc) is 2.97. The number of aromatic nitrogens is 2. The van der Waals surface area contributed by atoms with Gasteiger partial charge >= 0.3 is 11.7 Å². The fourth-order valence-electron chi connectivity index (χ4n) is 1.87. The molecule has 1 aromatic rings. The summed E-state index contributed by atoms with van der Waals surface area (Å²) >= 11 is 0. The lowest BCUT2D eigenvalue weighted by Gasteiger charge is -2.05. The molecule has 0 aromatic carbocycles. The van der Waals surface area contributed by atoms with Crippen molar-refractivity contribution in [1.29, 1.82) is 0 Å². The first-order valence-corrected chi connectivity index (χ1v) is 5.49. The van der Waals surface area contributed by atoms with E-state index in [4.69, 9.17) is 4.74 Å². The van der Waals surface area contributed by atoms with E-state index in [0.29, 0.717) is 19.8 Å². The minimum atomic E-state index is -0.803. The lowest BCUT2D eigenvalue weighted by molar-refractivity contribution is -0.385. The van der Waals surface area contributed by atoms with Crippen LogP contribution in [-0.2, 0) is 16.0 Å². The molecule has 1 atom stereocenters. The predicted octanol–water partition coefficient (Wildman–Crippen LogP) is 0.614. The zero-order valence-corrected chi connectivity index (χ0v) is 9.87. The maximum absolute atomic E-state index is 11.4. The number of carbonyl (C=O) groups is 1. The summed E-state index contributed by atoms with van der Waals surface area (Å²) in [6.07, 6.45) is 2.14. The lowest BCUT2D eigenvalue weighted by atomic mass is 10.1. The molecule has 0 saturated carbocycles. The van der Waals surface area contributed by atoms with Gasteiger partial charge in [0.1, 0.15) is 6.20 Å². The minimum Gasteiger partial charge on any atom is -0.464 e. The molecular weight excluding hydrogens is 242 g/mol. The molecule has 0 radical (unpaired) electrons. The number of carbonyl (C=O) groups excluding carboxylic acids is 1. The van der Waals surface area contributed by atoms with E-state index in [1.165, 1.54) is 10.9 Å². The molecule has 0 bridgehead atoms. The Kier molecular flexibility index (Phi) is 3.56. The first-order valence-electron chi connectivity index (χ1n) is 5.49. The second kappa shape index (κ2) is 5.13. The summed E-state index contributed by atoms with van der Waals surface area (Å²) in [5, 5.41) is 14.7. The van der Waals surface area contributed by atoms with Crippen molar-refractivity contribution in [3.05, 3.63) is 22.0 Å². The number of hydrogen-bond acceptors (Lipinski definition) is 6. The zero-order chi connectivity index (χ0) is 13.1. The van der Waals surface area contributed by atoms with Crippen molar-refractivity contribution in [2.75, 3.05) is 20.3 Å². The van der Waals surface area contributed by atoms with E-state index >= 15 is 0 Å². The molecule has 1 aliphatic rings. The molecule has 2 rings (SSSR count). The molecular formula is C10H13N3O5. The number of hydrogen-bond donors (Lipinski definition) is 0. The van der Waals surface area contributed by atoms with Gasteiger partial charge in [-0.25, -0.2) is 4.79 Å². The van der Waals surface area contributed by atoms with E-state index in [1.807, 2.05) is 0 Å². The summed E-state index contributed by atoms with van der Waals surface area (Å²) < 4.78 is 11.1. The van der Waals surface area contributed by atoms with Gasteiger partial charge in [-0.1, -0.05) is 0 Å². The molecule has 0 N–H and O–H groups in total. The summed E-state index contributed by atoms with van der Waals surface area (Å²) in [7, 11) is 1.16. The first kappa shape index (κ1) is 12.5. The summed E-state index contributed by atoms with van der Waals surface area (Å²) in [6.45, 7) is 1.80. The first-order chi connectivity index (χ1) is 8.61. The summed E-state index contributed by atoms with van der Waals surface area (Å²) in [5.41, 5.74) is -0.595. The van der Waals surface area contributed by atoms with Crippen molar-refractivity contribution in [3.63, 3.8) is 0 Å². The van der Waals surface area contributed by atoms with Crippen molar-refractivity contribution in [1.82, 2.24) is 9.78 Å². The van der Waals surface area contributed by atoms with Gasteiger partial charge in [-0.05, 0) is 6.42 Å². The van der Waals surface area contributed by atoms with Gasteiger partial charge in [0.25, 0.3) is 0 Å². The van der Waals surface area contributed by atoms with Crippen LogP contribution in [0.5, 0.6) is 0 Å². The van der Waals surface area contributed by atoms with Crippen LogP contribution in [0.4, 0.5) is 5.69 Å². The molecule has 1 aromatic heterocycles. The van der Waals surface area contributed by atoms with Gasteiger partial charge in [0.15, 0.2) is 0 Å². The van der Waals surface area contributed by atoms with Crippen molar-refractivity contribution in [2.45, 2.75) is 13.0 Å². The molecule has 8 nitrogen and oxygen atoms in total. The number of rotatable bonds is 4. The quantitative estimate of drug-likeness (QED) is 0.444. The van der Waals surface area contributed by atoms with Crippen LogP contribution in [0, 0.1) is 16.0 Å². The fraction of sp³-hybridized carbons (Fsp3) is 0.600. The molecule has 1 fully saturated rings. The Hall–Kier alpha value is -1.96. The van der Waals surface area contributed by atoms with Gasteiger partial charge in [0.2, 0.25) is 5.69 Å². The smallest absolute Gasteiger partial charge is 0.365 e. The predicted molar refractivity (Wildman–Crippen MR) is 59.1 cm³/mol. The van der Waals surface area contributed by atoms with Crippen molar-refractivity contribution >= 4 is 11.7 Å². The molecule has 0 unspecified atom stereocenters. The van der Waals surface area contributed by atoms with Crippen LogP contribution in [0.2, 0.25) is 0 Å². The van der Waals surface area contributed by atoms with Crippen molar-refractivity contribution < 1.29 is 19.2 Å². The van der Waals surface area contributed by atoms with Gasteiger partial charge in [-0.3, -0.25) is 14.8 Å². The number of esters is 1. The molecule has 18 heavy (non-hydrogen) atoms. The SMILES string of the molecule is COC(=O)c1nn(C[C@H]2CCOC2)cc1[N+](=O)[O-]. The van der Waals surface area contributed by atoms with Gasteiger partial charge in [-0.15, -0.1) is 0 Å². The average molecular weight is 255 g/mol. The van der Waals surface area contributed by atoms with Crippen LogP contribution in [0.1, 0.15) is 16.9 Å². The van der Waals surface area contributed by atoms with E-state index < -0.39 is 10.9 Å². The number of ether oxygens (including phenoxy) is 2. The highest BCUT2D eigenvalue weighted by Gasteiger charge is 2.27. The normalized spacial score (nSPS) is 18.8. The van der Waals surface area contributed by atoms with E-state index in [9.17, 15) is 14.9 Å². The second-order valence-corrected chi connectivity index (χ2v) is 4.06. The highest BCUT2D eigenvalue weighted by molar-refractivity contribution is 5.91. The monoisotopic (exact) mass is 255 g/mol. The molecule has 1 saturated heterocycles. The highest BCUT2D eigenvalue weighted by Crippen LogP contribution is 2.20. The Morgan fingerprint density at radius 3 is 3.11 bits per heavy atom. The van der Waals surface area contributed by atoms with E-state index in [-0.39, 0.29) is 17.3 Å². The topological polar surface area (TPSA) is 96.5 Å². The molecule has 0 amide bonds.